The van der Waals surface area contributed by atoms with E-state index in [0.717, 1.165) is 25.9 Å². The number of rotatable bonds is 5. The SMILES string of the molecule is CC1CCN(C(=O)c2ccc(NC(=O)COc3ccc(Cl)cc3Cl)cc2)CC1. The van der Waals surface area contributed by atoms with Crippen molar-refractivity contribution >= 4 is 40.7 Å². The highest BCUT2D eigenvalue weighted by Gasteiger charge is 2.21. The molecule has 0 radical (unpaired) electrons. The third kappa shape index (κ3) is 5.40. The van der Waals surface area contributed by atoms with Gasteiger partial charge in [-0.15, -0.1) is 0 Å². The van der Waals surface area contributed by atoms with Gasteiger partial charge in [-0.25, -0.2) is 0 Å². The van der Waals surface area contributed by atoms with Crippen LogP contribution < -0.4 is 10.1 Å². The Morgan fingerprint density at radius 3 is 2.43 bits per heavy atom. The molecule has 2 aromatic rings. The molecule has 0 bridgehead atoms. The van der Waals surface area contributed by atoms with Gasteiger partial charge in [0.25, 0.3) is 11.8 Å². The average molecular weight is 421 g/mol. The Balaban J connectivity index is 1.52. The molecule has 2 amide bonds. The first-order chi connectivity index (χ1) is 13.4. The van der Waals surface area contributed by atoms with E-state index in [4.69, 9.17) is 27.9 Å². The van der Waals surface area contributed by atoms with E-state index in [2.05, 4.69) is 12.2 Å². The molecule has 148 valence electrons. The van der Waals surface area contributed by atoms with Gasteiger partial charge in [-0.3, -0.25) is 9.59 Å². The molecule has 1 heterocycles. The number of halogens is 2. The molecular weight excluding hydrogens is 399 g/mol. The van der Waals surface area contributed by atoms with Crippen LogP contribution in [0.15, 0.2) is 42.5 Å². The van der Waals surface area contributed by atoms with Crippen LogP contribution in [-0.2, 0) is 4.79 Å². The molecule has 1 N–H and O–H groups in total. The third-order valence-corrected chi connectivity index (χ3v) is 5.27. The highest BCUT2D eigenvalue weighted by Crippen LogP contribution is 2.27. The first kappa shape index (κ1) is 20.5. The number of benzene rings is 2. The van der Waals surface area contributed by atoms with Crippen molar-refractivity contribution in [1.29, 1.82) is 0 Å². The fraction of sp³-hybridized carbons (Fsp3) is 0.333. The Morgan fingerprint density at radius 1 is 1.11 bits per heavy atom. The lowest BCUT2D eigenvalue weighted by Gasteiger charge is -2.30. The van der Waals surface area contributed by atoms with Crippen LogP contribution >= 0.6 is 23.2 Å². The van der Waals surface area contributed by atoms with Crippen molar-refractivity contribution in [2.75, 3.05) is 25.0 Å². The summed E-state index contributed by atoms with van der Waals surface area (Å²) in [5.41, 5.74) is 1.22. The first-order valence-electron chi connectivity index (χ1n) is 9.19. The monoisotopic (exact) mass is 420 g/mol. The number of nitrogens with zero attached hydrogens (tertiary/aromatic N) is 1. The van der Waals surface area contributed by atoms with E-state index < -0.39 is 0 Å². The lowest BCUT2D eigenvalue weighted by molar-refractivity contribution is -0.118. The van der Waals surface area contributed by atoms with E-state index in [1.54, 1.807) is 42.5 Å². The van der Waals surface area contributed by atoms with Crippen molar-refractivity contribution in [2.45, 2.75) is 19.8 Å². The van der Waals surface area contributed by atoms with Gasteiger partial charge in [0, 0.05) is 29.4 Å². The Hall–Kier alpha value is -2.24. The van der Waals surface area contributed by atoms with Gasteiger partial charge in [0.1, 0.15) is 5.75 Å². The molecule has 5 nitrogen and oxygen atoms in total. The summed E-state index contributed by atoms with van der Waals surface area (Å²) in [5, 5.41) is 3.58. The van der Waals surface area contributed by atoms with Crippen LogP contribution in [0.1, 0.15) is 30.1 Å². The van der Waals surface area contributed by atoms with Gasteiger partial charge >= 0.3 is 0 Å². The van der Waals surface area contributed by atoms with E-state index in [9.17, 15) is 9.59 Å². The van der Waals surface area contributed by atoms with Gasteiger partial charge in [0.15, 0.2) is 6.61 Å². The van der Waals surface area contributed by atoms with Crippen molar-refractivity contribution in [3.8, 4) is 5.75 Å². The Kier molecular flexibility index (Phi) is 6.81. The van der Waals surface area contributed by atoms with Gasteiger partial charge < -0.3 is 15.0 Å². The van der Waals surface area contributed by atoms with Crippen molar-refractivity contribution < 1.29 is 14.3 Å². The molecule has 28 heavy (non-hydrogen) atoms. The molecule has 0 unspecified atom stereocenters. The normalized spacial score (nSPS) is 14.6. The van der Waals surface area contributed by atoms with Gasteiger partial charge in [0.05, 0.1) is 5.02 Å². The largest absolute Gasteiger partial charge is 0.482 e. The molecule has 0 spiro atoms. The van der Waals surface area contributed by atoms with Gasteiger partial charge in [-0.05, 0) is 61.2 Å². The summed E-state index contributed by atoms with van der Waals surface area (Å²) < 4.78 is 5.41. The lowest BCUT2D eigenvalue weighted by Crippen LogP contribution is -2.37. The number of likely N-dealkylation sites (tertiary alicyclic amines) is 1. The van der Waals surface area contributed by atoms with Crippen LogP contribution in [-0.4, -0.2) is 36.4 Å². The number of anilines is 1. The number of ether oxygens (including phenoxy) is 1. The van der Waals surface area contributed by atoms with Crippen LogP contribution in [0.5, 0.6) is 5.75 Å². The van der Waals surface area contributed by atoms with Gasteiger partial charge in [-0.1, -0.05) is 30.1 Å². The summed E-state index contributed by atoms with van der Waals surface area (Å²) in [7, 11) is 0. The van der Waals surface area contributed by atoms with E-state index in [0.29, 0.717) is 33.0 Å². The maximum atomic E-state index is 12.6. The molecule has 1 aliphatic heterocycles. The highest BCUT2D eigenvalue weighted by molar-refractivity contribution is 6.35. The van der Waals surface area contributed by atoms with Gasteiger partial charge in [-0.2, -0.15) is 0 Å². The maximum absolute atomic E-state index is 12.6. The topological polar surface area (TPSA) is 58.6 Å². The smallest absolute Gasteiger partial charge is 0.262 e. The van der Waals surface area contributed by atoms with E-state index >= 15 is 0 Å². The second-order valence-corrected chi connectivity index (χ2v) is 7.81. The predicted molar refractivity (Wildman–Crippen MR) is 111 cm³/mol. The third-order valence-electron chi connectivity index (χ3n) is 4.74. The van der Waals surface area contributed by atoms with Crippen LogP contribution in [0.4, 0.5) is 5.69 Å². The van der Waals surface area contributed by atoms with Crippen molar-refractivity contribution in [2.24, 2.45) is 5.92 Å². The highest BCUT2D eigenvalue weighted by atomic mass is 35.5. The molecule has 1 aliphatic rings. The first-order valence-corrected chi connectivity index (χ1v) is 9.95. The molecule has 0 aromatic heterocycles. The number of nitrogens with one attached hydrogen (secondary N) is 1. The van der Waals surface area contributed by atoms with Crippen molar-refractivity contribution in [3.05, 3.63) is 58.1 Å². The Bertz CT molecular complexity index is 847. The summed E-state index contributed by atoms with van der Waals surface area (Å²) in [4.78, 5) is 26.5. The minimum Gasteiger partial charge on any atom is -0.482 e. The predicted octanol–water partition coefficient (Wildman–Crippen LogP) is 4.88. The number of amides is 2. The molecule has 2 aromatic carbocycles. The molecule has 0 saturated carbocycles. The summed E-state index contributed by atoms with van der Waals surface area (Å²) in [6.07, 6.45) is 2.08. The summed E-state index contributed by atoms with van der Waals surface area (Å²) >= 11 is 11.8. The fourth-order valence-corrected chi connectivity index (χ4v) is 3.49. The second kappa shape index (κ2) is 9.30. The zero-order valence-electron chi connectivity index (χ0n) is 15.6. The lowest BCUT2D eigenvalue weighted by atomic mass is 9.98. The van der Waals surface area contributed by atoms with Crippen LogP contribution in [0, 0.1) is 5.92 Å². The second-order valence-electron chi connectivity index (χ2n) is 6.96. The maximum Gasteiger partial charge on any atom is 0.262 e. The van der Waals surface area contributed by atoms with E-state index in [-0.39, 0.29) is 18.4 Å². The molecule has 0 atom stereocenters. The number of hydrogen-bond donors (Lipinski definition) is 1. The van der Waals surface area contributed by atoms with E-state index in [1.165, 1.54) is 0 Å². The molecular formula is C21H22Cl2N2O3. The Labute approximate surface area is 174 Å². The summed E-state index contributed by atoms with van der Waals surface area (Å²) in [6.45, 7) is 3.62. The van der Waals surface area contributed by atoms with Crippen molar-refractivity contribution in [1.82, 2.24) is 4.90 Å². The molecule has 1 saturated heterocycles. The minimum absolute atomic E-state index is 0.0329. The Morgan fingerprint density at radius 2 is 1.79 bits per heavy atom. The standard InChI is InChI=1S/C21H22Cl2N2O3/c1-14-8-10-25(11-9-14)21(27)15-2-5-17(6-3-15)24-20(26)13-28-19-7-4-16(22)12-18(19)23/h2-7,12,14H,8-11,13H2,1H3,(H,24,26). The zero-order chi connectivity index (χ0) is 20.1. The zero-order valence-corrected chi connectivity index (χ0v) is 17.1. The van der Waals surface area contributed by atoms with Crippen LogP contribution in [0.25, 0.3) is 0 Å². The van der Waals surface area contributed by atoms with Crippen molar-refractivity contribution in [3.63, 3.8) is 0 Å². The number of carbonyl (C=O) groups is 2. The summed E-state index contributed by atoms with van der Waals surface area (Å²) in [5.74, 6) is 0.769. The number of carbonyl (C=O) groups excluding carboxylic acids is 2. The quantitative estimate of drug-likeness (QED) is 0.749. The molecule has 0 aliphatic carbocycles. The molecule has 1 fully saturated rings. The number of hydrogen-bond acceptors (Lipinski definition) is 3. The minimum atomic E-state index is -0.324. The summed E-state index contributed by atoms with van der Waals surface area (Å²) in [6, 6.07) is 11.7. The van der Waals surface area contributed by atoms with Gasteiger partial charge in [0.2, 0.25) is 0 Å². The number of piperidine rings is 1. The molecule has 7 heteroatoms. The van der Waals surface area contributed by atoms with E-state index in [1.807, 2.05) is 4.90 Å². The molecule has 3 rings (SSSR count). The van der Waals surface area contributed by atoms with Crippen LogP contribution in [0.3, 0.4) is 0 Å². The van der Waals surface area contributed by atoms with Crippen LogP contribution in [0.2, 0.25) is 10.0 Å². The average Bonchev–Trinajstić information content (AvgIpc) is 2.68. The fourth-order valence-electron chi connectivity index (χ4n) is 3.02.